The molecule has 4 nitrogen and oxygen atoms in total. The number of likely N-dealkylation sites (tertiary alicyclic amines) is 1. The summed E-state index contributed by atoms with van der Waals surface area (Å²) in [4.78, 5) is 7.35. The molecule has 2 aromatic heterocycles. The summed E-state index contributed by atoms with van der Waals surface area (Å²) in [6.07, 6.45) is 2.35. The molecule has 5 heteroatoms. The van der Waals surface area contributed by atoms with Gasteiger partial charge in [-0.3, -0.25) is 4.90 Å². The summed E-state index contributed by atoms with van der Waals surface area (Å²) in [5.74, 6) is 0.830. The molecule has 2 aromatic carbocycles. The molecule has 1 fully saturated rings. The SMILES string of the molecule is c1ccc(-c2cc(CN3CCC[C@@H]3c3nc4ccccc4s3)no2)cc1. The second-order valence-corrected chi connectivity index (χ2v) is 7.76. The highest BCUT2D eigenvalue weighted by Gasteiger charge is 2.29. The van der Waals surface area contributed by atoms with E-state index >= 15 is 0 Å². The molecule has 4 aromatic rings. The van der Waals surface area contributed by atoms with Crippen molar-refractivity contribution in [2.24, 2.45) is 0 Å². The maximum Gasteiger partial charge on any atom is 0.167 e. The second-order valence-electron chi connectivity index (χ2n) is 6.70. The summed E-state index contributed by atoms with van der Waals surface area (Å²) in [6, 6.07) is 20.9. The minimum absolute atomic E-state index is 0.379. The van der Waals surface area contributed by atoms with E-state index in [4.69, 9.17) is 9.51 Å². The molecule has 5 rings (SSSR count). The first-order valence-corrected chi connectivity index (χ1v) is 9.79. The van der Waals surface area contributed by atoms with Crippen LogP contribution in [0.2, 0.25) is 0 Å². The quantitative estimate of drug-likeness (QED) is 0.495. The Hall–Kier alpha value is -2.50. The Labute approximate surface area is 156 Å². The standard InChI is InChI=1S/C21H19N3OS/c1-2-7-15(8-3-1)19-13-16(23-25-19)14-24-12-6-10-18(24)21-22-17-9-4-5-11-20(17)26-21/h1-5,7-9,11,13,18H,6,10,12,14H2/t18-/m1/s1. The smallest absolute Gasteiger partial charge is 0.167 e. The van der Waals surface area contributed by atoms with Gasteiger partial charge in [-0.2, -0.15) is 0 Å². The lowest BCUT2D eigenvalue weighted by Crippen LogP contribution is -2.22. The van der Waals surface area contributed by atoms with Crippen LogP contribution in [-0.4, -0.2) is 21.6 Å². The van der Waals surface area contributed by atoms with Crippen molar-refractivity contribution in [1.29, 1.82) is 0 Å². The molecule has 1 saturated heterocycles. The maximum atomic E-state index is 5.56. The highest BCUT2D eigenvalue weighted by Crippen LogP contribution is 2.37. The lowest BCUT2D eigenvalue weighted by Gasteiger charge is -2.21. The van der Waals surface area contributed by atoms with Crippen molar-refractivity contribution >= 4 is 21.6 Å². The Bertz CT molecular complexity index is 991. The summed E-state index contributed by atoms with van der Waals surface area (Å²) in [5.41, 5.74) is 3.15. The highest BCUT2D eigenvalue weighted by molar-refractivity contribution is 7.18. The Balaban J connectivity index is 1.37. The van der Waals surface area contributed by atoms with Crippen molar-refractivity contribution < 1.29 is 4.52 Å². The maximum absolute atomic E-state index is 5.56. The topological polar surface area (TPSA) is 42.2 Å². The zero-order valence-corrected chi connectivity index (χ0v) is 15.2. The first-order valence-electron chi connectivity index (χ1n) is 8.97. The number of hydrogen-bond acceptors (Lipinski definition) is 5. The van der Waals surface area contributed by atoms with Gasteiger partial charge >= 0.3 is 0 Å². The van der Waals surface area contributed by atoms with Crippen LogP contribution in [0.4, 0.5) is 0 Å². The Morgan fingerprint density at radius 3 is 2.81 bits per heavy atom. The van der Waals surface area contributed by atoms with Crippen molar-refractivity contribution in [3.05, 3.63) is 71.4 Å². The number of nitrogens with zero attached hydrogens (tertiary/aromatic N) is 3. The van der Waals surface area contributed by atoms with Crippen molar-refractivity contribution in [3.8, 4) is 11.3 Å². The average molecular weight is 361 g/mol. The minimum atomic E-state index is 0.379. The van der Waals surface area contributed by atoms with Crippen LogP contribution in [0.5, 0.6) is 0 Å². The van der Waals surface area contributed by atoms with Gasteiger partial charge in [-0.25, -0.2) is 4.98 Å². The van der Waals surface area contributed by atoms with Crippen LogP contribution in [0, 0.1) is 0 Å². The van der Waals surface area contributed by atoms with Gasteiger partial charge in [0.15, 0.2) is 5.76 Å². The molecule has 3 heterocycles. The van der Waals surface area contributed by atoms with E-state index in [1.807, 2.05) is 41.7 Å². The summed E-state index contributed by atoms with van der Waals surface area (Å²) < 4.78 is 6.83. The van der Waals surface area contributed by atoms with Crippen LogP contribution >= 0.6 is 11.3 Å². The van der Waals surface area contributed by atoms with Gasteiger partial charge in [0.05, 0.1) is 22.0 Å². The zero-order chi connectivity index (χ0) is 17.3. The Morgan fingerprint density at radius 2 is 1.92 bits per heavy atom. The molecule has 0 saturated carbocycles. The third-order valence-corrected chi connectivity index (χ3v) is 6.08. The van der Waals surface area contributed by atoms with E-state index in [0.717, 1.165) is 42.0 Å². The lowest BCUT2D eigenvalue weighted by molar-refractivity contribution is 0.240. The molecule has 1 aliphatic heterocycles. The Morgan fingerprint density at radius 1 is 1.08 bits per heavy atom. The van der Waals surface area contributed by atoms with E-state index in [2.05, 4.69) is 40.4 Å². The summed E-state index contributed by atoms with van der Waals surface area (Å²) in [5, 5.41) is 5.51. The first-order chi connectivity index (χ1) is 12.9. The fourth-order valence-corrected chi connectivity index (χ4v) is 4.80. The van der Waals surface area contributed by atoms with Gasteiger partial charge in [-0.05, 0) is 31.5 Å². The summed E-state index contributed by atoms with van der Waals surface area (Å²) >= 11 is 1.81. The highest BCUT2D eigenvalue weighted by atomic mass is 32.1. The van der Waals surface area contributed by atoms with Crippen LogP contribution in [0.25, 0.3) is 21.5 Å². The largest absolute Gasteiger partial charge is 0.356 e. The van der Waals surface area contributed by atoms with Crippen molar-refractivity contribution in [1.82, 2.24) is 15.0 Å². The molecule has 0 N–H and O–H groups in total. The predicted octanol–water partition coefficient (Wildman–Crippen LogP) is 5.29. The third-order valence-electron chi connectivity index (χ3n) is 4.94. The lowest BCUT2D eigenvalue weighted by atomic mass is 10.1. The van der Waals surface area contributed by atoms with E-state index in [1.165, 1.54) is 16.1 Å². The normalized spacial score (nSPS) is 17.9. The predicted molar refractivity (Wildman–Crippen MR) is 104 cm³/mol. The van der Waals surface area contributed by atoms with Gasteiger partial charge in [0, 0.05) is 18.2 Å². The average Bonchev–Trinajstić information content (AvgIpc) is 3.41. The molecule has 0 aliphatic carbocycles. The number of hydrogen-bond donors (Lipinski definition) is 0. The fourth-order valence-electron chi connectivity index (χ4n) is 3.66. The molecule has 1 atom stereocenters. The van der Waals surface area contributed by atoms with Gasteiger partial charge in [0.1, 0.15) is 5.01 Å². The molecular weight excluding hydrogens is 342 g/mol. The zero-order valence-electron chi connectivity index (χ0n) is 14.3. The molecule has 1 aliphatic rings. The number of benzene rings is 2. The van der Waals surface area contributed by atoms with Crippen LogP contribution in [0.3, 0.4) is 0 Å². The van der Waals surface area contributed by atoms with E-state index in [9.17, 15) is 0 Å². The van der Waals surface area contributed by atoms with E-state index in [-0.39, 0.29) is 0 Å². The minimum Gasteiger partial charge on any atom is -0.356 e. The van der Waals surface area contributed by atoms with Gasteiger partial charge in [0.25, 0.3) is 0 Å². The summed E-state index contributed by atoms with van der Waals surface area (Å²) in [7, 11) is 0. The molecule has 26 heavy (non-hydrogen) atoms. The van der Waals surface area contributed by atoms with Gasteiger partial charge < -0.3 is 4.52 Å². The van der Waals surface area contributed by atoms with Crippen LogP contribution < -0.4 is 0 Å². The van der Waals surface area contributed by atoms with Gasteiger partial charge in [-0.15, -0.1) is 11.3 Å². The first kappa shape index (κ1) is 15.7. The Kier molecular flexibility index (Phi) is 4.03. The van der Waals surface area contributed by atoms with Crippen LogP contribution in [-0.2, 0) is 6.54 Å². The van der Waals surface area contributed by atoms with Crippen molar-refractivity contribution in [2.75, 3.05) is 6.54 Å². The molecule has 0 amide bonds. The van der Waals surface area contributed by atoms with Crippen LogP contribution in [0.1, 0.15) is 29.6 Å². The molecular formula is C21H19N3OS. The molecule has 0 spiro atoms. The van der Waals surface area contributed by atoms with Gasteiger partial charge in [-0.1, -0.05) is 47.6 Å². The molecule has 0 unspecified atom stereocenters. The third kappa shape index (κ3) is 2.93. The van der Waals surface area contributed by atoms with Crippen molar-refractivity contribution in [2.45, 2.75) is 25.4 Å². The monoisotopic (exact) mass is 361 g/mol. The van der Waals surface area contributed by atoms with E-state index in [0.29, 0.717) is 6.04 Å². The number of rotatable bonds is 4. The van der Waals surface area contributed by atoms with E-state index in [1.54, 1.807) is 0 Å². The van der Waals surface area contributed by atoms with E-state index < -0.39 is 0 Å². The van der Waals surface area contributed by atoms with Crippen molar-refractivity contribution in [3.63, 3.8) is 0 Å². The number of para-hydroxylation sites is 1. The molecule has 0 bridgehead atoms. The molecule has 130 valence electrons. The molecule has 0 radical (unpaired) electrons. The van der Waals surface area contributed by atoms with Crippen LogP contribution in [0.15, 0.2) is 65.2 Å². The summed E-state index contributed by atoms with van der Waals surface area (Å²) in [6.45, 7) is 1.88. The fraction of sp³-hybridized carbons (Fsp3) is 0.238. The number of fused-ring (bicyclic) bond motifs is 1. The van der Waals surface area contributed by atoms with Gasteiger partial charge in [0.2, 0.25) is 0 Å². The number of aromatic nitrogens is 2. The number of thiazole rings is 1. The second kappa shape index (κ2) is 6.67.